The maximum Gasteiger partial charge on any atom is 0.123 e. The van der Waals surface area contributed by atoms with E-state index in [1.807, 2.05) is 30.1 Å². The van der Waals surface area contributed by atoms with Gasteiger partial charge in [0.25, 0.3) is 0 Å². The first-order valence-electron chi connectivity index (χ1n) is 8.74. The van der Waals surface area contributed by atoms with Gasteiger partial charge >= 0.3 is 0 Å². The van der Waals surface area contributed by atoms with Crippen molar-refractivity contribution in [3.63, 3.8) is 0 Å². The number of aliphatic hydroxyl groups is 1. The third kappa shape index (κ3) is 3.10. The molecule has 1 aromatic heterocycles. The molecule has 1 saturated carbocycles. The summed E-state index contributed by atoms with van der Waals surface area (Å²) in [7, 11) is 0. The summed E-state index contributed by atoms with van der Waals surface area (Å²) in [4.78, 5) is 2.40. The zero-order valence-electron chi connectivity index (χ0n) is 14.0. The number of hydrogen-bond donors (Lipinski definition) is 1. The van der Waals surface area contributed by atoms with Crippen molar-refractivity contribution in [1.29, 1.82) is 0 Å². The lowest BCUT2D eigenvalue weighted by Gasteiger charge is -2.35. The van der Waals surface area contributed by atoms with Gasteiger partial charge in [-0.25, -0.2) is 4.39 Å². The number of aliphatic hydroxyl groups excluding tert-OH is 1. The van der Waals surface area contributed by atoms with Gasteiger partial charge in [-0.1, -0.05) is 12.1 Å². The van der Waals surface area contributed by atoms with E-state index in [9.17, 15) is 9.50 Å². The van der Waals surface area contributed by atoms with Gasteiger partial charge in [-0.15, -0.1) is 0 Å². The van der Waals surface area contributed by atoms with Crippen LogP contribution in [-0.4, -0.2) is 39.0 Å². The fourth-order valence-electron chi connectivity index (χ4n) is 4.43. The minimum Gasteiger partial charge on any atom is -0.391 e. The molecule has 2 aliphatic rings. The number of hydrogen-bond acceptors (Lipinski definition) is 3. The van der Waals surface area contributed by atoms with E-state index >= 15 is 0 Å². The summed E-state index contributed by atoms with van der Waals surface area (Å²) in [6, 6.07) is 6.93. The Labute approximate surface area is 141 Å². The van der Waals surface area contributed by atoms with Crippen LogP contribution in [-0.2, 0) is 6.54 Å². The monoisotopic (exact) mass is 329 g/mol. The number of aryl methyl sites for hydroxylation is 1. The summed E-state index contributed by atoms with van der Waals surface area (Å²) in [6.07, 6.45) is 5.33. The summed E-state index contributed by atoms with van der Waals surface area (Å²) in [6.45, 7) is 4.82. The molecule has 0 radical (unpaired) electrons. The smallest absolute Gasteiger partial charge is 0.123 e. The van der Waals surface area contributed by atoms with E-state index in [1.54, 1.807) is 12.1 Å². The van der Waals surface area contributed by atoms with Crippen LogP contribution in [0.3, 0.4) is 0 Å². The van der Waals surface area contributed by atoms with Crippen LogP contribution in [0.25, 0.3) is 0 Å². The highest BCUT2D eigenvalue weighted by Gasteiger charge is 2.42. The van der Waals surface area contributed by atoms with Gasteiger partial charge in [0.2, 0.25) is 0 Å². The fourth-order valence-corrected chi connectivity index (χ4v) is 4.43. The van der Waals surface area contributed by atoms with E-state index in [4.69, 9.17) is 0 Å². The van der Waals surface area contributed by atoms with Crippen LogP contribution in [0.1, 0.15) is 30.0 Å². The Bertz CT molecular complexity index is 716. The largest absolute Gasteiger partial charge is 0.391 e. The van der Waals surface area contributed by atoms with Crippen LogP contribution in [0.5, 0.6) is 0 Å². The van der Waals surface area contributed by atoms with E-state index < -0.39 is 0 Å². The third-order valence-electron chi connectivity index (χ3n) is 5.55. The van der Waals surface area contributed by atoms with Gasteiger partial charge in [0.05, 0.1) is 18.3 Å². The number of likely N-dealkylation sites (tertiary alicyclic amines) is 1. The van der Waals surface area contributed by atoms with Crippen molar-refractivity contribution in [3.8, 4) is 0 Å². The molecule has 4 nitrogen and oxygen atoms in total. The number of fused-ring (bicyclic) bond motifs is 1. The van der Waals surface area contributed by atoms with Gasteiger partial charge in [0, 0.05) is 25.8 Å². The molecule has 4 atom stereocenters. The molecule has 2 aromatic rings. The SMILES string of the molecule is Cc1cnn([C@H]2C[C@H]3CN(Cc4cccc(F)c4)C[C@H]3C[C@@H]2O)c1. The molecule has 2 fully saturated rings. The van der Waals surface area contributed by atoms with E-state index in [0.29, 0.717) is 11.8 Å². The molecule has 24 heavy (non-hydrogen) atoms. The number of nitrogens with zero attached hydrogens (tertiary/aromatic N) is 3. The van der Waals surface area contributed by atoms with Gasteiger partial charge in [0.15, 0.2) is 0 Å². The lowest BCUT2D eigenvalue weighted by atomic mass is 9.77. The van der Waals surface area contributed by atoms with Crippen LogP contribution in [0.4, 0.5) is 4.39 Å². The Balaban J connectivity index is 1.43. The maximum absolute atomic E-state index is 13.4. The second-order valence-corrected chi connectivity index (χ2v) is 7.45. The highest BCUT2D eigenvalue weighted by atomic mass is 19.1. The fraction of sp³-hybridized carbons (Fsp3) is 0.526. The quantitative estimate of drug-likeness (QED) is 0.941. The Morgan fingerprint density at radius 2 is 2.04 bits per heavy atom. The van der Waals surface area contributed by atoms with Crippen molar-refractivity contribution < 1.29 is 9.50 Å². The number of halogens is 1. The van der Waals surface area contributed by atoms with Gasteiger partial charge < -0.3 is 5.11 Å². The predicted octanol–water partition coefficient (Wildman–Crippen LogP) is 2.77. The Morgan fingerprint density at radius 3 is 2.75 bits per heavy atom. The number of rotatable bonds is 3. The molecule has 0 spiro atoms. The van der Waals surface area contributed by atoms with Crippen LogP contribution in [0, 0.1) is 24.6 Å². The maximum atomic E-state index is 13.4. The zero-order chi connectivity index (χ0) is 16.7. The van der Waals surface area contributed by atoms with Crippen LogP contribution in [0.15, 0.2) is 36.7 Å². The number of aromatic nitrogens is 2. The minimum atomic E-state index is -0.334. The highest BCUT2D eigenvalue weighted by Crippen LogP contribution is 2.41. The molecule has 128 valence electrons. The second-order valence-electron chi connectivity index (χ2n) is 7.45. The summed E-state index contributed by atoms with van der Waals surface area (Å²) < 4.78 is 15.3. The summed E-state index contributed by atoms with van der Waals surface area (Å²) in [5.74, 6) is 0.937. The van der Waals surface area contributed by atoms with E-state index in [1.165, 1.54) is 6.07 Å². The molecule has 0 bridgehead atoms. The van der Waals surface area contributed by atoms with Crippen molar-refractivity contribution in [3.05, 3.63) is 53.6 Å². The topological polar surface area (TPSA) is 41.3 Å². The third-order valence-corrected chi connectivity index (χ3v) is 5.55. The van der Waals surface area contributed by atoms with Crippen LogP contribution < -0.4 is 0 Å². The van der Waals surface area contributed by atoms with Crippen molar-refractivity contribution >= 4 is 0 Å². The van der Waals surface area contributed by atoms with Crippen molar-refractivity contribution in [2.24, 2.45) is 11.8 Å². The van der Waals surface area contributed by atoms with E-state index in [-0.39, 0.29) is 18.0 Å². The number of benzene rings is 1. The molecular formula is C19H24FN3O. The molecule has 1 aliphatic heterocycles. The molecule has 4 rings (SSSR count). The average Bonchev–Trinajstić information content (AvgIpc) is 3.12. The lowest BCUT2D eigenvalue weighted by Crippen LogP contribution is -2.36. The van der Waals surface area contributed by atoms with E-state index in [2.05, 4.69) is 10.00 Å². The second kappa shape index (κ2) is 6.30. The Hall–Kier alpha value is -1.72. The molecule has 5 heteroatoms. The molecule has 1 N–H and O–H groups in total. The molecular weight excluding hydrogens is 305 g/mol. The Kier molecular flexibility index (Phi) is 4.14. The van der Waals surface area contributed by atoms with E-state index in [0.717, 1.165) is 43.6 Å². The highest BCUT2D eigenvalue weighted by molar-refractivity contribution is 5.16. The zero-order valence-corrected chi connectivity index (χ0v) is 14.0. The first kappa shape index (κ1) is 15.8. The van der Waals surface area contributed by atoms with Gasteiger partial charge in [-0.2, -0.15) is 5.10 Å². The predicted molar refractivity (Wildman–Crippen MR) is 89.9 cm³/mol. The van der Waals surface area contributed by atoms with Gasteiger partial charge in [-0.3, -0.25) is 9.58 Å². The van der Waals surface area contributed by atoms with Crippen LogP contribution >= 0.6 is 0 Å². The molecule has 1 aromatic carbocycles. The summed E-state index contributed by atoms with van der Waals surface area (Å²) in [5.41, 5.74) is 2.15. The molecule has 0 amide bonds. The van der Waals surface area contributed by atoms with Crippen molar-refractivity contribution in [2.75, 3.05) is 13.1 Å². The molecule has 2 heterocycles. The van der Waals surface area contributed by atoms with Gasteiger partial charge in [-0.05, 0) is 54.9 Å². The molecule has 1 aliphatic carbocycles. The van der Waals surface area contributed by atoms with Crippen molar-refractivity contribution in [2.45, 2.75) is 38.5 Å². The summed E-state index contributed by atoms with van der Waals surface area (Å²) >= 11 is 0. The Morgan fingerprint density at radius 1 is 1.25 bits per heavy atom. The first-order valence-corrected chi connectivity index (χ1v) is 8.74. The summed E-state index contributed by atoms with van der Waals surface area (Å²) in [5, 5.41) is 15.0. The van der Waals surface area contributed by atoms with Crippen LogP contribution in [0.2, 0.25) is 0 Å². The lowest BCUT2D eigenvalue weighted by molar-refractivity contribution is 0.0306. The molecule has 1 saturated heterocycles. The first-order chi connectivity index (χ1) is 11.6. The normalized spacial score (nSPS) is 30.5. The molecule has 0 unspecified atom stereocenters. The van der Waals surface area contributed by atoms with Crippen molar-refractivity contribution in [1.82, 2.24) is 14.7 Å². The minimum absolute atomic E-state index is 0.0778. The standard InChI is InChI=1S/C19H24FN3O/c1-13-8-21-23(9-13)18-6-15-11-22(12-16(15)7-19(18)24)10-14-3-2-4-17(20)5-14/h2-5,8-9,15-16,18-19,24H,6-7,10-12H2,1H3/t15-,16+,18-,19-/m0/s1. The average molecular weight is 329 g/mol. The van der Waals surface area contributed by atoms with Gasteiger partial charge in [0.1, 0.15) is 5.82 Å².